The van der Waals surface area contributed by atoms with Crippen LogP contribution in [-0.4, -0.2) is 23.2 Å². The number of ether oxygens (including phenoxy) is 1. The predicted octanol–water partition coefficient (Wildman–Crippen LogP) is 1.95. The Morgan fingerprint density at radius 3 is 2.23 bits per heavy atom. The number of hydrogen-bond acceptors (Lipinski definition) is 3. The molecular formula is C8H12Cl2O3. The highest BCUT2D eigenvalue weighted by atomic mass is 35.5. The minimum atomic E-state index is -0.900. The summed E-state index contributed by atoms with van der Waals surface area (Å²) in [4.78, 5) is 21.0. The topological polar surface area (TPSA) is 43.4 Å². The van der Waals surface area contributed by atoms with Gasteiger partial charge in [-0.1, -0.05) is 0 Å². The molecule has 0 radical (unpaired) electrons. The SMILES string of the molecule is CCOC(=O)C(CC(C)=O)C(Cl)Cl. The quantitative estimate of drug-likeness (QED) is 0.532. The molecule has 0 aromatic carbocycles. The molecule has 3 nitrogen and oxygen atoms in total. The van der Waals surface area contributed by atoms with Gasteiger partial charge in [0.2, 0.25) is 0 Å². The predicted molar refractivity (Wildman–Crippen MR) is 50.9 cm³/mol. The summed E-state index contributed by atoms with van der Waals surface area (Å²) in [5.41, 5.74) is 0. The highest BCUT2D eigenvalue weighted by Crippen LogP contribution is 2.20. The molecule has 76 valence electrons. The van der Waals surface area contributed by atoms with Crippen molar-refractivity contribution in [1.29, 1.82) is 0 Å². The minimum Gasteiger partial charge on any atom is -0.466 e. The van der Waals surface area contributed by atoms with E-state index in [0.717, 1.165) is 0 Å². The first kappa shape index (κ1) is 12.7. The number of Topliss-reactive ketones (excluding diaryl/α,β-unsaturated/α-hetero) is 1. The highest BCUT2D eigenvalue weighted by molar-refractivity contribution is 6.45. The Morgan fingerprint density at radius 1 is 1.38 bits per heavy atom. The normalized spacial score (nSPS) is 12.7. The zero-order valence-corrected chi connectivity index (χ0v) is 9.06. The summed E-state index contributed by atoms with van der Waals surface area (Å²) in [6, 6.07) is 0. The Kier molecular flexibility index (Phi) is 6.08. The van der Waals surface area contributed by atoms with Crippen molar-refractivity contribution in [3.8, 4) is 0 Å². The number of carbonyl (C=O) groups excluding carboxylic acids is 2. The fourth-order valence-electron chi connectivity index (χ4n) is 0.834. The zero-order valence-electron chi connectivity index (χ0n) is 7.55. The van der Waals surface area contributed by atoms with Crippen LogP contribution in [-0.2, 0) is 14.3 Å². The summed E-state index contributed by atoms with van der Waals surface area (Å²) < 4.78 is 4.71. The van der Waals surface area contributed by atoms with E-state index >= 15 is 0 Å². The van der Waals surface area contributed by atoms with Crippen molar-refractivity contribution in [2.24, 2.45) is 5.92 Å². The van der Waals surface area contributed by atoms with E-state index in [1.807, 2.05) is 0 Å². The summed E-state index contributed by atoms with van der Waals surface area (Å²) in [7, 11) is 0. The van der Waals surface area contributed by atoms with Crippen LogP contribution in [0.25, 0.3) is 0 Å². The molecule has 0 bridgehead atoms. The number of halogens is 2. The average molecular weight is 227 g/mol. The molecule has 0 heterocycles. The molecule has 5 heteroatoms. The van der Waals surface area contributed by atoms with E-state index in [1.54, 1.807) is 6.92 Å². The monoisotopic (exact) mass is 226 g/mol. The van der Waals surface area contributed by atoms with Crippen molar-refractivity contribution < 1.29 is 14.3 Å². The van der Waals surface area contributed by atoms with Gasteiger partial charge in [0.05, 0.1) is 12.5 Å². The lowest BCUT2D eigenvalue weighted by atomic mass is 10.1. The van der Waals surface area contributed by atoms with Gasteiger partial charge in [-0.3, -0.25) is 4.79 Å². The van der Waals surface area contributed by atoms with Crippen LogP contribution >= 0.6 is 23.2 Å². The minimum absolute atomic E-state index is 0.0243. The van der Waals surface area contributed by atoms with Gasteiger partial charge in [-0.15, -0.1) is 23.2 Å². The average Bonchev–Trinajstić information content (AvgIpc) is 1.99. The molecule has 0 N–H and O–H groups in total. The highest BCUT2D eigenvalue weighted by Gasteiger charge is 2.27. The van der Waals surface area contributed by atoms with Gasteiger partial charge in [0.25, 0.3) is 0 Å². The molecule has 0 rings (SSSR count). The van der Waals surface area contributed by atoms with E-state index in [9.17, 15) is 9.59 Å². The molecule has 0 saturated heterocycles. The van der Waals surface area contributed by atoms with Gasteiger partial charge in [-0.2, -0.15) is 0 Å². The summed E-state index contributed by atoms with van der Waals surface area (Å²) in [6.45, 7) is 3.32. The van der Waals surface area contributed by atoms with Crippen molar-refractivity contribution in [2.75, 3.05) is 6.61 Å². The number of esters is 1. The molecule has 1 unspecified atom stereocenters. The first-order valence-corrected chi connectivity index (χ1v) is 4.80. The van der Waals surface area contributed by atoms with Crippen LogP contribution in [0.5, 0.6) is 0 Å². The molecule has 0 fully saturated rings. The van der Waals surface area contributed by atoms with Gasteiger partial charge in [-0.05, 0) is 13.8 Å². The van der Waals surface area contributed by atoms with E-state index in [0.29, 0.717) is 0 Å². The molecule has 0 saturated carbocycles. The van der Waals surface area contributed by atoms with E-state index in [2.05, 4.69) is 0 Å². The number of rotatable bonds is 5. The lowest BCUT2D eigenvalue weighted by Gasteiger charge is -2.14. The van der Waals surface area contributed by atoms with Crippen LogP contribution in [0.2, 0.25) is 0 Å². The van der Waals surface area contributed by atoms with Crippen LogP contribution in [0.1, 0.15) is 20.3 Å². The summed E-state index contributed by atoms with van der Waals surface area (Å²) in [6.07, 6.45) is 0.0243. The van der Waals surface area contributed by atoms with Crippen LogP contribution in [0.4, 0.5) is 0 Å². The second-order valence-corrected chi connectivity index (χ2v) is 3.76. The van der Waals surface area contributed by atoms with Crippen LogP contribution in [0.3, 0.4) is 0 Å². The molecule has 1 atom stereocenters. The standard InChI is InChI=1S/C8H12Cl2O3/c1-3-13-8(12)6(7(9)10)4-5(2)11/h6-7H,3-4H2,1-2H3. The molecule has 13 heavy (non-hydrogen) atoms. The van der Waals surface area contributed by atoms with Crippen molar-refractivity contribution in [2.45, 2.75) is 25.1 Å². The smallest absolute Gasteiger partial charge is 0.312 e. The van der Waals surface area contributed by atoms with Gasteiger partial charge in [-0.25, -0.2) is 0 Å². The lowest BCUT2D eigenvalue weighted by Crippen LogP contribution is -2.25. The van der Waals surface area contributed by atoms with E-state index in [-0.39, 0.29) is 18.8 Å². The third-order valence-corrected chi connectivity index (χ3v) is 2.01. The number of hydrogen-bond donors (Lipinski definition) is 0. The molecular weight excluding hydrogens is 215 g/mol. The Balaban J connectivity index is 4.24. The number of alkyl halides is 2. The zero-order chi connectivity index (χ0) is 10.4. The third-order valence-electron chi connectivity index (χ3n) is 1.40. The van der Waals surface area contributed by atoms with E-state index < -0.39 is 16.7 Å². The molecule has 0 spiro atoms. The van der Waals surface area contributed by atoms with Crippen LogP contribution in [0, 0.1) is 5.92 Å². The maximum atomic E-state index is 11.2. The van der Waals surface area contributed by atoms with Gasteiger partial charge in [0.15, 0.2) is 0 Å². The summed E-state index contributed by atoms with van der Waals surface area (Å²) in [5, 5.41) is 0. The van der Waals surface area contributed by atoms with Gasteiger partial charge >= 0.3 is 5.97 Å². The molecule has 0 aliphatic heterocycles. The van der Waals surface area contributed by atoms with Gasteiger partial charge < -0.3 is 9.53 Å². The number of ketones is 1. The van der Waals surface area contributed by atoms with E-state index in [1.165, 1.54) is 6.92 Å². The first-order chi connectivity index (χ1) is 5.99. The lowest BCUT2D eigenvalue weighted by molar-refractivity contribution is -0.148. The number of carbonyl (C=O) groups is 2. The Morgan fingerprint density at radius 2 is 1.92 bits per heavy atom. The van der Waals surface area contributed by atoms with Gasteiger partial charge in [0.1, 0.15) is 10.6 Å². The third kappa shape index (κ3) is 5.11. The van der Waals surface area contributed by atoms with Crippen molar-refractivity contribution in [1.82, 2.24) is 0 Å². The van der Waals surface area contributed by atoms with Gasteiger partial charge in [0, 0.05) is 6.42 Å². The summed E-state index contributed by atoms with van der Waals surface area (Å²) in [5.74, 6) is -1.40. The van der Waals surface area contributed by atoms with Crippen molar-refractivity contribution >= 4 is 35.0 Å². The molecule has 0 aliphatic rings. The van der Waals surface area contributed by atoms with Crippen molar-refractivity contribution in [3.63, 3.8) is 0 Å². The summed E-state index contributed by atoms with van der Waals surface area (Å²) >= 11 is 11.1. The largest absolute Gasteiger partial charge is 0.466 e. The van der Waals surface area contributed by atoms with Crippen molar-refractivity contribution in [3.05, 3.63) is 0 Å². The second kappa shape index (κ2) is 6.22. The Bertz CT molecular complexity index is 192. The maximum absolute atomic E-state index is 11.2. The van der Waals surface area contributed by atoms with Crippen LogP contribution in [0.15, 0.2) is 0 Å². The molecule has 0 aliphatic carbocycles. The first-order valence-electron chi connectivity index (χ1n) is 3.93. The second-order valence-electron chi connectivity index (χ2n) is 2.60. The maximum Gasteiger partial charge on any atom is 0.312 e. The van der Waals surface area contributed by atoms with E-state index in [4.69, 9.17) is 27.9 Å². The Labute approximate surface area is 87.3 Å². The molecule has 0 aromatic heterocycles. The Hall–Kier alpha value is -0.280. The van der Waals surface area contributed by atoms with Crippen LogP contribution < -0.4 is 0 Å². The molecule has 0 aromatic rings. The fraction of sp³-hybridized carbons (Fsp3) is 0.750. The fourth-order valence-corrected chi connectivity index (χ4v) is 1.22. The molecule has 0 amide bonds.